The van der Waals surface area contributed by atoms with E-state index >= 15 is 0 Å². The Morgan fingerprint density at radius 1 is 1.38 bits per heavy atom. The van der Waals surface area contributed by atoms with Gasteiger partial charge in [0.05, 0.1) is 24.6 Å². The van der Waals surface area contributed by atoms with Crippen LogP contribution in [-0.4, -0.2) is 22.8 Å². The zero-order chi connectivity index (χ0) is 11.5. The quantitative estimate of drug-likeness (QED) is 0.833. The number of hydrogen-bond donors (Lipinski definition) is 1. The molecule has 1 amide bonds. The molecule has 1 heterocycles. The molecule has 0 aliphatic carbocycles. The first kappa shape index (κ1) is 10.2. The van der Waals surface area contributed by atoms with E-state index < -0.39 is 5.91 Å². The summed E-state index contributed by atoms with van der Waals surface area (Å²) in [5, 5.41) is 4.04. The Bertz CT molecular complexity index is 502. The van der Waals surface area contributed by atoms with Crippen LogP contribution in [0.2, 0.25) is 0 Å². The third-order valence-electron chi connectivity index (χ3n) is 2.20. The molecule has 0 saturated carbocycles. The van der Waals surface area contributed by atoms with Crippen molar-refractivity contribution in [1.29, 1.82) is 0 Å². The van der Waals surface area contributed by atoms with Gasteiger partial charge in [-0.1, -0.05) is 0 Å². The molecule has 1 aromatic heterocycles. The molecule has 5 nitrogen and oxygen atoms in total. The fourth-order valence-electron chi connectivity index (χ4n) is 1.33. The van der Waals surface area contributed by atoms with Crippen molar-refractivity contribution in [2.24, 2.45) is 5.73 Å². The first-order valence-corrected chi connectivity index (χ1v) is 4.69. The Labute approximate surface area is 92.4 Å². The predicted octanol–water partition coefficient (Wildman–Crippen LogP) is 0.980. The Kier molecular flexibility index (Phi) is 2.59. The second kappa shape index (κ2) is 4.06. The number of ether oxygens (including phenoxy) is 1. The van der Waals surface area contributed by atoms with Gasteiger partial charge < -0.3 is 10.5 Å². The lowest BCUT2D eigenvalue weighted by Crippen LogP contribution is -2.09. The predicted molar refractivity (Wildman–Crippen MR) is 58.6 cm³/mol. The van der Waals surface area contributed by atoms with Crippen molar-refractivity contribution >= 4 is 5.91 Å². The molecule has 0 bridgehead atoms. The van der Waals surface area contributed by atoms with Crippen molar-refractivity contribution in [3.05, 3.63) is 42.2 Å². The Hall–Kier alpha value is -2.30. The van der Waals surface area contributed by atoms with Crippen molar-refractivity contribution in [2.45, 2.75) is 0 Å². The highest BCUT2D eigenvalue weighted by Gasteiger charge is 2.05. The number of carbonyl (C=O) groups is 1. The van der Waals surface area contributed by atoms with Crippen LogP contribution in [0.15, 0.2) is 36.7 Å². The molecule has 82 valence electrons. The van der Waals surface area contributed by atoms with Crippen molar-refractivity contribution in [3.8, 4) is 11.4 Å². The van der Waals surface area contributed by atoms with Crippen LogP contribution >= 0.6 is 0 Å². The monoisotopic (exact) mass is 217 g/mol. The van der Waals surface area contributed by atoms with E-state index in [2.05, 4.69) is 5.10 Å². The van der Waals surface area contributed by atoms with Gasteiger partial charge in [0.2, 0.25) is 0 Å². The number of primary amides is 1. The average Bonchev–Trinajstić information content (AvgIpc) is 2.78. The summed E-state index contributed by atoms with van der Waals surface area (Å²) in [4.78, 5) is 10.9. The molecule has 1 aromatic carbocycles. The van der Waals surface area contributed by atoms with Gasteiger partial charge in [0.15, 0.2) is 0 Å². The van der Waals surface area contributed by atoms with Gasteiger partial charge in [-0.15, -0.1) is 0 Å². The number of nitrogens with two attached hydrogens (primary N) is 1. The van der Waals surface area contributed by atoms with Crippen LogP contribution < -0.4 is 10.5 Å². The van der Waals surface area contributed by atoms with Gasteiger partial charge in [0, 0.05) is 6.20 Å². The number of benzene rings is 1. The summed E-state index contributed by atoms with van der Waals surface area (Å²) in [6, 6.07) is 7.33. The molecular weight excluding hydrogens is 206 g/mol. The Balaban J connectivity index is 2.31. The number of amides is 1. The average molecular weight is 217 g/mol. The van der Waals surface area contributed by atoms with Crippen molar-refractivity contribution in [1.82, 2.24) is 9.78 Å². The van der Waals surface area contributed by atoms with Crippen LogP contribution in [0.1, 0.15) is 10.4 Å². The van der Waals surface area contributed by atoms with E-state index in [1.807, 2.05) is 24.3 Å². The van der Waals surface area contributed by atoms with Gasteiger partial charge in [-0.25, -0.2) is 4.68 Å². The standard InChI is InChI=1S/C11H11N3O2/c1-16-10-4-2-9(3-5-10)14-7-8(6-13-14)11(12)15/h2-7H,1H3,(H2,12,15). The topological polar surface area (TPSA) is 70.1 Å². The van der Waals surface area contributed by atoms with Gasteiger partial charge in [-0.2, -0.15) is 5.10 Å². The van der Waals surface area contributed by atoms with E-state index in [0.29, 0.717) is 5.56 Å². The zero-order valence-corrected chi connectivity index (χ0v) is 8.75. The number of hydrogen-bond acceptors (Lipinski definition) is 3. The first-order valence-electron chi connectivity index (χ1n) is 4.69. The largest absolute Gasteiger partial charge is 0.497 e. The third kappa shape index (κ3) is 1.88. The van der Waals surface area contributed by atoms with Gasteiger partial charge >= 0.3 is 0 Å². The maximum Gasteiger partial charge on any atom is 0.251 e. The van der Waals surface area contributed by atoms with E-state index in [0.717, 1.165) is 11.4 Å². The molecule has 2 aromatic rings. The lowest BCUT2D eigenvalue weighted by molar-refractivity contribution is 0.100. The molecule has 0 aliphatic rings. The van der Waals surface area contributed by atoms with Crippen LogP contribution in [0.25, 0.3) is 5.69 Å². The number of aromatic nitrogens is 2. The molecule has 0 aliphatic heterocycles. The zero-order valence-electron chi connectivity index (χ0n) is 8.75. The summed E-state index contributed by atoms with van der Waals surface area (Å²) in [7, 11) is 1.61. The summed E-state index contributed by atoms with van der Waals surface area (Å²) >= 11 is 0. The summed E-state index contributed by atoms with van der Waals surface area (Å²) in [6.07, 6.45) is 3.02. The van der Waals surface area contributed by atoms with Crippen LogP contribution in [0.3, 0.4) is 0 Å². The first-order chi connectivity index (χ1) is 7.70. The van der Waals surface area contributed by atoms with E-state index in [1.54, 1.807) is 18.0 Å². The highest BCUT2D eigenvalue weighted by molar-refractivity contribution is 5.92. The summed E-state index contributed by atoms with van der Waals surface area (Å²) < 4.78 is 6.63. The molecule has 0 unspecified atom stereocenters. The number of rotatable bonds is 3. The van der Waals surface area contributed by atoms with Crippen molar-refractivity contribution < 1.29 is 9.53 Å². The van der Waals surface area contributed by atoms with Crippen LogP contribution in [-0.2, 0) is 0 Å². The lowest BCUT2D eigenvalue weighted by Gasteiger charge is -2.02. The fourth-order valence-corrected chi connectivity index (χ4v) is 1.33. The summed E-state index contributed by atoms with van der Waals surface area (Å²) in [6.45, 7) is 0. The minimum Gasteiger partial charge on any atom is -0.497 e. The molecule has 5 heteroatoms. The molecule has 2 N–H and O–H groups in total. The Morgan fingerprint density at radius 2 is 2.06 bits per heavy atom. The van der Waals surface area contributed by atoms with E-state index in [4.69, 9.17) is 10.5 Å². The highest BCUT2D eigenvalue weighted by Crippen LogP contribution is 2.14. The number of carbonyl (C=O) groups excluding carboxylic acids is 1. The molecule has 16 heavy (non-hydrogen) atoms. The molecule has 2 rings (SSSR count). The minimum atomic E-state index is -0.486. The second-order valence-corrected chi connectivity index (χ2v) is 3.24. The summed E-state index contributed by atoms with van der Waals surface area (Å²) in [5.74, 6) is 0.283. The van der Waals surface area contributed by atoms with Crippen molar-refractivity contribution in [2.75, 3.05) is 7.11 Å². The smallest absolute Gasteiger partial charge is 0.251 e. The molecule has 0 spiro atoms. The maximum absolute atomic E-state index is 10.9. The Morgan fingerprint density at radius 3 is 2.56 bits per heavy atom. The number of methoxy groups -OCH3 is 1. The molecule has 0 fully saturated rings. The summed E-state index contributed by atoms with van der Waals surface area (Å²) in [5.41, 5.74) is 6.36. The van der Waals surface area contributed by atoms with Gasteiger partial charge in [-0.05, 0) is 24.3 Å². The highest BCUT2D eigenvalue weighted by atomic mass is 16.5. The van der Waals surface area contributed by atoms with Crippen LogP contribution in [0.4, 0.5) is 0 Å². The van der Waals surface area contributed by atoms with Gasteiger partial charge in [0.1, 0.15) is 5.75 Å². The second-order valence-electron chi connectivity index (χ2n) is 3.24. The SMILES string of the molecule is COc1ccc(-n2cc(C(N)=O)cn2)cc1. The van der Waals surface area contributed by atoms with E-state index in [-0.39, 0.29) is 0 Å². The van der Waals surface area contributed by atoms with E-state index in [9.17, 15) is 4.79 Å². The normalized spacial score (nSPS) is 10.1. The van der Waals surface area contributed by atoms with Gasteiger partial charge in [-0.3, -0.25) is 4.79 Å². The fraction of sp³-hybridized carbons (Fsp3) is 0.0909. The van der Waals surface area contributed by atoms with Gasteiger partial charge in [0.25, 0.3) is 5.91 Å². The molecule has 0 radical (unpaired) electrons. The van der Waals surface area contributed by atoms with Crippen LogP contribution in [0, 0.1) is 0 Å². The molecule has 0 atom stereocenters. The number of nitrogens with zero attached hydrogens (tertiary/aromatic N) is 2. The maximum atomic E-state index is 10.9. The van der Waals surface area contributed by atoms with Crippen molar-refractivity contribution in [3.63, 3.8) is 0 Å². The molecular formula is C11H11N3O2. The lowest BCUT2D eigenvalue weighted by atomic mass is 10.3. The third-order valence-corrected chi connectivity index (χ3v) is 2.20. The van der Waals surface area contributed by atoms with Crippen LogP contribution in [0.5, 0.6) is 5.75 Å². The minimum absolute atomic E-state index is 0.385. The molecule has 0 saturated heterocycles. The van der Waals surface area contributed by atoms with E-state index in [1.165, 1.54) is 6.20 Å².